The summed E-state index contributed by atoms with van der Waals surface area (Å²) in [6.07, 6.45) is -0.0302. The second-order valence-corrected chi connectivity index (χ2v) is 9.12. The van der Waals surface area contributed by atoms with Crippen LogP contribution in [0.3, 0.4) is 0 Å². The van der Waals surface area contributed by atoms with Gasteiger partial charge in [0.25, 0.3) is 0 Å². The highest BCUT2D eigenvalue weighted by Crippen LogP contribution is 2.33. The minimum absolute atomic E-state index is 0.0302. The van der Waals surface area contributed by atoms with Crippen LogP contribution in [0.2, 0.25) is 5.02 Å². The van der Waals surface area contributed by atoms with Gasteiger partial charge in [0, 0.05) is 17.1 Å². The Morgan fingerprint density at radius 3 is 2.56 bits per heavy atom. The number of benzene rings is 3. The van der Waals surface area contributed by atoms with Crippen LogP contribution in [0.4, 0.5) is 15.8 Å². The first-order valence-corrected chi connectivity index (χ1v) is 11.7. The molecule has 1 aliphatic rings. The molecule has 1 heterocycles. The second-order valence-electron chi connectivity index (χ2n) is 7.51. The Morgan fingerprint density at radius 1 is 1.15 bits per heavy atom. The van der Waals surface area contributed by atoms with Crippen LogP contribution >= 0.6 is 23.4 Å². The molecule has 0 aliphatic carbocycles. The van der Waals surface area contributed by atoms with Crippen LogP contribution < -0.4 is 10.1 Å². The number of amidine groups is 1. The van der Waals surface area contributed by atoms with Gasteiger partial charge in [0.1, 0.15) is 16.8 Å². The standard InChI is InChI=1S/C25H21ClFN3O3S/c1-33-21-11-5-16(6-12-21)15-30-24(32)22(14-23(31)28-20-4-2-3-17(26)13-20)34-25(30)29-19-9-7-18(27)8-10-19/h2-13,22H,14-15H2,1H3,(H,28,31)/t22-/m0/s1. The summed E-state index contributed by atoms with van der Waals surface area (Å²) in [7, 11) is 1.59. The van der Waals surface area contributed by atoms with Crippen LogP contribution in [-0.4, -0.2) is 34.2 Å². The monoisotopic (exact) mass is 497 g/mol. The Bertz CT molecular complexity index is 1220. The zero-order chi connectivity index (χ0) is 24.1. The fraction of sp³-hybridized carbons (Fsp3) is 0.160. The summed E-state index contributed by atoms with van der Waals surface area (Å²) in [5, 5.41) is 3.09. The Morgan fingerprint density at radius 2 is 1.88 bits per heavy atom. The Labute approximate surface area is 205 Å². The lowest BCUT2D eigenvalue weighted by Gasteiger charge is -2.17. The van der Waals surface area contributed by atoms with Crippen LogP contribution in [-0.2, 0) is 16.1 Å². The highest BCUT2D eigenvalue weighted by molar-refractivity contribution is 8.15. The maximum absolute atomic E-state index is 13.3. The molecule has 1 fully saturated rings. The highest BCUT2D eigenvalue weighted by atomic mass is 35.5. The zero-order valence-corrected chi connectivity index (χ0v) is 19.8. The van der Waals surface area contributed by atoms with Gasteiger partial charge in [-0.2, -0.15) is 0 Å². The van der Waals surface area contributed by atoms with Crippen molar-refractivity contribution in [2.75, 3.05) is 12.4 Å². The average molecular weight is 498 g/mol. The third-order valence-corrected chi connectivity index (χ3v) is 6.46. The van der Waals surface area contributed by atoms with E-state index < -0.39 is 5.25 Å². The molecule has 0 radical (unpaired) electrons. The number of carbonyl (C=O) groups excluding carboxylic acids is 2. The summed E-state index contributed by atoms with van der Waals surface area (Å²) in [5.41, 5.74) is 1.95. The fourth-order valence-corrected chi connectivity index (χ4v) is 4.70. The van der Waals surface area contributed by atoms with Crippen LogP contribution in [0.15, 0.2) is 77.8 Å². The molecule has 1 aliphatic heterocycles. The van der Waals surface area contributed by atoms with Crippen molar-refractivity contribution in [3.05, 3.63) is 89.2 Å². The van der Waals surface area contributed by atoms with E-state index in [1.54, 1.807) is 36.3 Å². The molecule has 0 unspecified atom stereocenters. The molecule has 3 aromatic rings. The van der Waals surface area contributed by atoms with Gasteiger partial charge in [0.2, 0.25) is 11.8 Å². The lowest BCUT2D eigenvalue weighted by molar-refractivity contribution is -0.128. The topological polar surface area (TPSA) is 71.0 Å². The van der Waals surface area contributed by atoms with E-state index >= 15 is 0 Å². The van der Waals surface area contributed by atoms with Crippen LogP contribution in [0.25, 0.3) is 0 Å². The molecule has 4 rings (SSSR count). The Kier molecular flexibility index (Phi) is 7.49. The average Bonchev–Trinajstić information content (AvgIpc) is 3.09. The quantitative estimate of drug-likeness (QED) is 0.458. The normalized spacial score (nSPS) is 16.7. The molecule has 6 nitrogen and oxygen atoms in total. The van der Waals surface area contributed by atoms with Gasteiger partial charge in [-0.3, -0.25) is 14.5 Å². The van der Waals surface area contributed by atoms with E-state index in [0.717, 1.165) is 5.56 Å². The number of rotatable bonds is 7. The van der Waals surface area contributed by atoms with Crippen molar-refractivity contribution >= 4 is 51.7 Å². The molecular weight excluding hydrogens is 477 g/mol. The number of hydrogen-bond acceptors (Lipinski definition) is 5. The van der Waals surface area contributed by atoms with Gasteiger partial charge in [0.15, 0.2) is 5.17 Å². The molecule has 1 N–H and O–H groups in total. The number of nitrogens with zero attached hydrogens (tertiary/aromatic N) is 2. The van der Waals surface area contributed by atoms with E-state index in [9.17, 15) is 14.0 Å². The third kappa shape index (κ3) is 5.95. The second kappa shape index (κ2) is 10.7. The Balaban J connectivity index is 1.54. The summed E-state index contributed by atoms with van der Waals surface area (Å²) in [5.74, 6) is -0.185. The molecule has 0 spiro atoms. The minimum Gasteiger partial charge on any atom is -0.497 e. The van der Waals surface area contributed by atoms with Gasteiger partial charge in [-0.1, -0.05) is 41.6 Å². The number of hydrogen-bond donors (Lipinski definition) is 1. The van der Waals surface area contributed by atoms with Crippen molar-refractivity contribution in [1.82, 2.24) is 4.90 Å². The SMILES string of the molecule is COc1ccc(CN2C(=O)[C@H](CC(=O)Nc3cccc(Cl)c3)SC2=Nc2ccc(F)cc2)cc1. The van der Waals surface area contributed by atoms with Gasteiger partial charge in [-0.05, 0) is 60.2 Å². The highest BCUT2D eigenvalue weighted by Gasteiger charge is 2.39. The molecule has 2 amide bonds. The number of carbonyl (C=O) groups is 2. The molecule has 1 saturated heterocycles. The molecule has 0 aromatic heterocycles. The predicted octanol–water partition coefficient (Wildman–Crippen LogP) is 5.65. The lowest BCUT2D eigenvalue weighted by Crippen LogP contribution is -2.33. The van der Waals surface area contributed by atoms with Gasteiger partial charge in [-0.15, -0.1) is 0 Å². The van der Waals surface area contributed by atoms with Crippen molar-refractivity contribution in [3.8, 4) is 5.75 Å². The van der Waals surface area contributed by atoms with Crippen molar-refractivity contribution in [2.24, 2.45) is 4.99 Å². The smallest absolute Gasteiger partial charge is 0.242 e. The van der Waals surface area contributed by atoms with E-state index in [2.05, 4.69) is 10.3 Å². The maximum Gasteiger partial charge on any atom is 0.242 e. The Hall–Kier alpha value is -3.36. The first-order chi connectivity index (χ1) is 16.4. The van der Waals surface area contributed by atoms with Crippen LogP contribution in [0.5, 0.6) is 5.75 Å². The van der Waals surface area contributed by atoms with E-state index in [4.69, 9.17) is 16.3 Å². The number of ether oxygens (including phenoxy) is 1. The van der Waals surface area contributed by atoms with Gasteiger partial charge < -0.3 is 10.1 Å². The van der Waals surface area contributed by atoms with Crippen molar-refractivity contribution in [2.45, 2.75) is 18.2 Å². The summed E-state index contributed by atoms with van der Waals surface area (Å²) >= 11 is 7.20. The minimum atomic E-state index is -0.642. The summed E-state index contributed by atoms with van der Waals surface area (Å²) in [6.45, 7) is 0.280. The largest absolute Gasteiger partial charge is 0.497 e. The third-order valence-electron chi connectivity index (χ3n) is 5.05. The number of nitrogens with one attached hydrogen (secondary N) is 1. The number of amides is 2. The molecule has 174 valence electrons. The van der Waals surface area contributed by atoms with Gasteiger partial charge >= 0.3 is 0 Å². The van der Waals surface area contributed by atoms with E-state index in [0.29, 0.717) is 27.3 Å². The van der Waals surface area contributed by atoms with E-state index in [1.165, 1.54) is 36.0 Å². The summed E-state index contributed by atoms with van der Waals surface area (Å²) in [4.78, 5) is 32.0. The number of halogens is 2. The first-order valence-electron chi connectivity index (χ1n) is 10.4. The van der Waals surface area contributed by atoms with E-state index in [-0.39, 0.29) is 30.6 Å². The maximum atomic E-state index is 13.3. The molecule has 3 aromatic carbocycles. The molecule has 0 saturated carbocycles. The predicted molar refractivity (Wildman–Crippen MR) is 133 cm³/mol. The van der Waals surface area contributed by atoms with Crippen molar-refractivity contribution in [3.63, 3.8) is 0 Å². The summed E-state index contributed by atoms with van der Waals surface area (Å²) in [6, 6.07) is 19.9. The number of thioether (sulfide) groups is 1. The molecule has 9 heteroatoms. The summed E-state index contributed by atoms with van der Waals surface area (Å²) < 4.78 is 18.5. The van der Waals surface area contributed by atoms with Gasteiger partial charge in [0.05, 0.1) is 19.3 Å². The molecule has 34 heavy (non-hydrogen) atoms. The zero-order valence-electron chi connectivity index (χ0n) is 18.2. The van der Waals surface area contributed by atoms with Crippen molar-refractivity contribution < 1.29 is 18.7 Å². The van der Waals surface area contributed by atoms with Crippen LogP contribution in [0.1, 0.15) is 12.0 Å². The van der Waals surface area contributed by atoms with E-state index in [1.807, 2.05) is 24.3 Å². The van der Waals surface area contributed by atoms with Crippen molar-refractivity contribution in [1.29, 1.82) is 0 Å². The number of methoxy groups -OCH3 is 1. The lowest BCUT2D eigenvalue weighted by atomic mass is 10.2. The van der Waals surface area contributed by atoms with Crippen LogP contribution in [0, 0.1) is 5.82 Å². The first kappa shape index (κ1) is 23.8. The molecular formula is C25H21ClFN3O3S. The fourth-order valence-electron chi connectivity index (χ4n) is 3.36. The molecule has 1 atom stereocenters. The van der Waals surface area contributed by atoms with Gasteiger partial charge in [-0.25, -0.2) is 9.38 Å². The molecule has 0 bridgehead atoms. The number of anilines is 1. The number of aliphatic imine (C=N–C) groups is 1.